The molecular formula is C10H18O2. The van der Waals surface area contributed by atoms with E-state index in [1.165, 1.54) is 0 Å². The summed E-state index contributed by atoms with van der Waals surface area (Å²) >= 11 is 0. The van der Waals surface area contributed by atoms with Crippen molar-refractivity contribution >= 4 is 0 Å². The van der Waals surface area contributed by atoms with Crippen molar-refractivity contribution in [2.24, 2.45) is 11.3 Å². The molecule has 0 radical (unpaired) electrons. The van der Waals surface area contributed by atoms with Crippen LogP contribution in [-0.4, -0.2) is 21.4 Å². The number of rotatable bonds is 0. The molecule has 2 nitrogen and oxygen atoms in total. The minimum absolute atomic E-state index is 0.0885. The zero-order chi connectivity index (χ0) is 9.20. The highest BCUT2D eigenvalue weighted by Gasteiger charge is 2.69. The third-order valence-electron chi connectivity index (χ3n) is 4.50. The van der Waals surface area contributed by atoms with Crippen molar-refractivity contribution in [3.8, 4) is 0 Å². The monoisotopic (exact) mass is 170 g/mol. The van der Waals surface area contributed by atoms with Crippen molar-refractivity contribution in [1.82, 2.24) is 0 Å². The van der Waals surface area contributed by atoms with E-state index in [9.17, 15) is 10.2 Å². The van der Waals surface area contributed by atoms with E-state index in [1.807, 2.05) is 0 Å². The van der Waals surface area contributed by atoms with Crippen LogP contribution in [0.4, 0.5) is 0 Å². The van der Waals surface area contributed by atoms with Gasteiger partial charge in [0, 0.05) is 0 Å². The molecule has 70 valence electrons. The first-order valence-corrected chi connectivity index (χ1v) is 4.76. The molecule has 3 atom stereocenters. The predicted molar refractivity (Wildman–Crippen MR) is 46.7 cm³/mol. The van der Waals surface area contributed by atoms with Crippen LogP contribution < -0.4 is 0 Å². The normalized spacial score (nSPS) is 56.2. The second-order valence-corrected chi connectivity index (χ2v) is 5.30. The summed E-state index contributed by atoms with van der Waals surface area (Å²) in [5.74, 6) is 0.614. The van der Waals surface area contributed by atoms with Crippen molar-refractivity contribution in [3.63, 3.8) is 0 Å². The van der Waals surface area contributed by atoms with Crippen molar-refractivity contribution < 1.29 is 10.2 Å². The first kappa shape index (κ1) is 8.52. The zero-order valence-corrected chi connectivity index (χ0v) is 8.09. The van der Waals surface area contributed by atoms with Gasteiger partial charge in [-0.15, -0.1) is 0 Å². The lowest BCUT2D eigenvalue weighted by atomic mass is 9.41. The number of hydrogen-bond donors (Lipinski definition) is 2. The summed E-state index contributed by atoms with van der Waals surface area (Å²) in [5, 5.41) is 20.3. The second-order valence-electron chi connectivity index (χ2n) is 5.30. The largest absolute Gasteiger partial charge is 0.387 e. The molecule has 3 saturated carbocycles. The Labute approximate surface area is 73.6 Å². The zero-order valence-electron chi connectivity index (χ0n) is 8.09. The lowest BCUT2D eigenvalue weighted by molar-refractivity contribution is -0.312. The lowest BCUT2D eigenvalue weighted by Crippen LogP contribution is -2.74. The van der Waals surface area contributed by atoms with Crippen molar-refractivity contribution in [1.29, 1.82) is 0 Å². The number of aliphatic hydroxyl groups is 2. The summed E-state index contributed by atoms with van der Waals surface area (Å²) in [7, 11) is 0. The minimum atomic E-state index is -0.870. The Morgan fingerprint density at radius 2 is 1.75 bits per heavy atom. The molecule has 0 saturated heterocycles. The Morgan fingerprint density at radius 1 is 1.17 bits per heavy atom. The van der Waals surface area contributed by atoms with Gasteiger partial charge >= 0.3 is 0 Å². The molecule has 0 aromatic rings. The van der Waals surface area contributed by atoms with E-state index < -0.39 is 11.2 Å². The molecule has 12 heavy (non-hydrogen) atoms. The molecule has 2 N–H and O–H groups in total. The van der Waals surface area contributed by atoms with Crippen LogP contribution in [0.2, 0.25) is 0 Å². The van der Waals surface area contributed by atoms with Crippen LogP contribution >= 0.6 is 0 Å². The molecule has 3 rings (SSSR count). The van der Waals surface area contributed by atoms with Gasteiger partial charge in [-0.05, 0) is 37.5 Å². The van der Waals surface area contributed by atoms with Gasteiger partial charge in [0.25, 0.3) is 0 Å². The van der Waals surface area contributed by atoms with Gasteiger partial charge in [0.1, 0.15) is 0 Å². The van der Waals surface area contributed by atoms with Gasteiger partial charge in [0.2, 0.25) is 0 Å². The Kier molecular flexibility index (Phi) is 1.33. The van der Waals surface area contributed by atoms with E-state index >= 15 is 0 Å². The fourth-order valence-corrected chi connectivity index (χ4v) is 3.12. The molecule has 3 aliphatic rings. The summed E-state index contributed by atoms with van der Waals surface area (Å²) < 4.78 is 0. The standard InChI is InChI=1S/C10H18O2/c1-8(2)7-4-5-9(3,11)10(8,12)6-7/h7,11-12H,4-6H2,1-3H3/t7-,9?,10-/m0/s1. The molecule has 0 spiro atoms. The molecule has 0 aliphatic heterocycles. The summed E-state index contributed by atoms with van der Waals surface area (Å²) in [6.45, 7) is 5.90. The predicted octanol–water partition coefficient (Wildman–Crippen LogP) is 1.31. The summed E-state index contributed by atoms with van der Waals surface area (Å²) in [6, 6.07) is 0. The van der Waals surface area contributed by atoms with E-state index in [1.54, 1.807) is 6.92 Å². The van der Waals surface area contributed by atoms with Crippen LogP contribution in [0.1, 0.15) is 40.0 Å². The molecule has 0 aromatic carbocycles. The molecule has 3 aliphatic carbocycles. The van der Waals surface area contributed by atoms with Crippen molar-refractivity contribution in [2.75, 3.05) is 0 Å². The van der Waals surface area contributed by atoms with E-state index in [4.69, 9.17) is 0 Å². The summed E-state index contributed by atoms with van der Waals surface area (Å²) in [4.78, 5) is 0. The highest BCUT2D eigenvalue weighted by atomic mass is 16.4. The third kappa shape index (κ3) is 0.647. The SMILES string of the molecule is CC1(O)CC[C@H]2C[C@]1(O)C2(C)C. The average Bonchev–Trinajstić information content (AvgIpc) is 1.94. The maximum atomic E-state index is 10.2. The van der Waals surface area contributed by atoms with E-state index in [0.29, 0.717) is 5.92 Å². The molecule has 2 bridgehead atoms. The summed E-state index contributed by atoms with van der Waals surface area (Å²) in [6.07, 6.45) is 2.59. The van der Waals surface area contributed by atoms with Crippen LogP contribution in [0, 0.1) is 11.3 Å². The van der Waals surface area contributed by atoms with Crippen LogP contribution in [0.25, 0.3) is 0 Å². The fraction of sp³-hybridized carbons (Fsp3) is 1.00. The first-order chi connectivity index (χ1) is 5.31. The van der Waals surface area contributed by atoms with Gasteiger partial charge in [-0.25, -0.2) is 0 Å². The smallest absolute Gasteiger partial charge is 0.0986 e. The Bertz CT molecular complexity index is 210. The Balaban J connectivity index is 2.37. The van der Waals surface area contributed by atoms with E-state index in [-0.39, 0.29) is 5.41 Å². The van der Waals surface area contributed by atoms with Gasteiger partial charge < -0.3 is 10.2 Å². The van der Waals surface area contributed by atoms with Crippen LogP contribution in [-0.2, 0) is 0 Å². The topological polar surface area (TPSA) is 40.5 Å². The Morgan fingerprint density at radius 3 is 2.08 bits per heavy atom. The lowest BCUT2D eigenvalue weighted by Gasteiger charge is -2.68. The maximum absolute atomic E-state index is 10.2. The first-order valence-electron chi connectivity index (χ1n) is 4.76. The minimum Gasteiger partial charge on any atom is -0.387 e. The van der Waals surface area contributed by atoms with Crippen LogP contribution in [0.5, 0.6) is 0 Å². The maximum Gasteiger partial charge on any atom is 0.0986 e. The number of hydrogen-bond acceptors (Lipinski definition) is 2. The quantitative estimate of drug-likeness (QED) is 0.575. The highest BCUT2D eigenvalue weighted by Crippen LogP contribution is 2.65. The molecule has 0 heterocycles. The van der Waals surface area contributed by atoms with Gasteiger partial charge in [0.15, 0.2) is 0 Å². The van der Waals surface area contributed by atoms with Crippen molar-refractivity contribution in [3.05, 3.63) is 0 Å². The van der Waals surface area contributed by atoms with Crippen molar-refractivity contribution in [2.45, 2.75) is 51.2 Å². The third-order valence-corrected chi connectivity index (χ3v) is 4.50. The summed E-state index contributed by atoms with van der Waals surface area (Å²) in [5.41, 5.74) is -1.79. The molecule has 0 amide bonds. The second kappa shape index (κ2) is 1.88. The van der Waals surface area contributed by atoms with Crippen LogP contribution in [0.15, 0.2) is 0 Å². The van der Waals surface area contributed by atoms with Gasteiger partial charge in [-0.3, -0.25) is 0 Å². The van der Waals surface area contributed by atoms with Gasteiger partial charge in [0.05, 0.1) is 11.2 Å². The van der Waals surface area contributed by atoms with E-state index in [2.05, 4.69) is 13.8 Å². The molecular weight excluding hydrogens is 152 g/mol. The average molecular weight is 170 g/mol. The molecule has 3 fully saturated rings. The number of fused-ring (bicyclic) bond motifs is 2. The van der Waals surface area contributed by atoms with Gasteiger partial charge in [-0.1, -0.05) is 13.8 Å². The van der Waals surface area contributed by atoms with Crippen LogP contribution in [0.3, 0.4) is 0 Å². The molecule has 1 unspecified atom stereocenters. The Hall–Kier alpha value is -0.0800. The molecule has 2 heteroatoms. The molecule has 0 aromatic heterocycles. The van der Waals surface area contributed by atoms with Gasteiger partial charge in [-0.2, -0.15) is 0 Å². The highest BCUT2D eigenvalue weighted by molar-refractivity contribution is 5.20. The van der Waals surface area contributed by atoms with E-state index in [0.717, 1.165) is 19.3 Å². The fourth-order valence-electron chi connectivity index (χ4n) is 3.12.